The van der Waals surface area contributed by atoms with Crippen molar-refractivity contribution >= 4 is 18.2 Å². The Balaban J connectivity index is 1.89. The fourth-order valence-electron chi connectivity index (χ4n) is 2.87. The van der Waals surface area contributed by atoms with E-state index in [2.05, 4.69) is 9.98 Å². The zero-order chi connectivity index (χ0) is 15.3. The fourth-order valence-corrected chi connectivity index (χ4v) is 2.87. The van der Waals surface area contributed by atoms with Crippen LogP contribution in [0.2, 0.25) is 0 Å². The van der Waals surface area contributed by atoms with Crippen molar-refractivity contribution in [2.75, 3.05) is 13.7 Å². The molecular formula is C11H18N5O5+. The van der Waals surface area contributed by atoms with Crippen LogP contribution in [0.25, 0.3) is 0 Å². The van der Waals surface area contributed by atoms with Crippen LogP contribution in [0.1, 0.15) is 0 Å². The van der Waals surface area contributed by atoms with Crippen molar-refractivity contribution in [3.8, 4) is 0 Å². The summed E-state index contributed by atoms with van der Waals surface area (Å²) in [5, 5.41) is 39.0. The molecule has 3 aliphatic rings. The Labute approximate surface area is 120 Å². The molecule has 10 heteroatoms. The van der Waals surface area contributed by atoms with Gasteiger partial charge in [0.2, 0.25) is 36.6 Å². The number of hydrogen-bond acceptors (Lipinski definition) is 8. The molecule has 0 aromatic heterocycles. The van der Waals surface area contributed by atoms with E-state index in [1.165, 1.54) is 0 Å². The number of rotatable bonds is 2. The summed E-state index contributed by atoms with van der Waals surface area (Å²) in [5.41, 5.74) is 5.55. The van der Waals surface area contributed by atoms with E-state index in [0.29, 0.717) is 0 Å². The molecule has 21 heavy (non-hydrogen) atoms. The SMILES string of the molecule is C[N+]1=CN([C@@H]2O[C@H](CO)C(O)[C@@H]2O)C2N=C(N)N=C(O)C21. The molecule has 0 aliphatic carbocycles. The second-order valence-electron chi connectivity index (χ2n) is 5.27. The lowest BCUT2D eigenvalue weighted by Gasteiger charge is -2.26. The normalized spacial score (nSPS) is 42.5. The zero-order valence-corrected chi connectivity index (χ0v) is 11.3. The quantitative estimate of drug-likeness (QED) is 0.331. The summed E-state index contributed by atoms with van der Waals surface area (Å²) < 4.78 is 7.13. The lowest BCUT2D eigenvalue weighted by Crippen LogP contribution is -2.52. The van der Waals surface area contributed by atoms with E-state index >= 15 is 0 Å². The lowest BCUT2D eigenvalue weighted by molar-refractivity contribution is -0.510. The van der Waals surface area contributed by atoms with Crippen molar-refractivity contribution in [2.24, 2.45) is 15.7 Å². The molecule has 6 atom stereocenters. The van der Waals surface area contributed by atoms with Gasteiger partial charge < -0.3 is 30.9 Å². The van der Waals surface area contributed by atoms with Gasteiger partial charge in [0.25, 0.3) is 0 Å². The predicted molar refractivity (Wildman–Crippen MR) is 71.1 cm³/mol. The highest BCUT2D eigenvalue weighted by atomic mass is 16.6. The number of nitrogens with zero attached hydrogens (tertiary/aromatic N) is 4. The van der Waals surface area contributed by atoms with E-state index in [1.807, 2.05) is 0 Å². The first-order valence-corrected chi connectivity index (χ1v) is 6.51. The van der Waals surface area contributed by atoms with Gasteiger partial charge in [0.1, 0.15) is 18.3 Å². The van der Waals surface area contributed by atoms with Crippen molar-refractivity contribution in [2.45, 2.75) is 36.7 Å². The molecular weight excluding hydrogens is 282 g/mol. The minimum atomic E-state index is -1.22. The van der Waals surface area contributed by atoms with Gasteiger partial charge in [-0.05, 0) is 0 Å². The molecule has 3 unspecified atom stereocenters. The molecule has 3 aliphatic heterocycles. The molecule has 116 valence electrons. The van der Waals surface area contributed by atoms with Crippen molar-refractivity contribution in [3.05, 3.63) is 0 Å². The Hall–Kier alpha value is -1.75. The minimum absolute atomic E-state index is 0.0748. The second-order valence-corrected chi connectivity index (χ2v) is 5.27. The molecule has 0 aromatic carbocycles. The van der Waals surface area contributed by atoms with Gasteiger partial charge in [-0.3, -0.25) is 4.58 Å². The van der Waals surface area contributed by atoms with E-state index in [0.717, 1.165) is 0 Å². The lowest BCUT2D eigenvalue weighted by atomic mass is 10.1. The van der Waals surface area contributed by atoms with E-state index in [1.54, 1.807) is 22.9 Å². The summed E-state index contributed by atoms with van der Waals surface area (Å²) in [7, 11) is 1.71. The summed E-state index contributed by atoms with van der Waals surface area (Å²) >= 11 is 0. The smallest absolute Gasteiger partial charge is 0.242 e. The monoisotopic (exact) mass is 300 g/mol. The third kappa shape index (κ3) is 2.07. The highest BCUT2D eigenvalue weighted by Crippen LogP contribution is 2.29. The van der Waals surface area contributed by atoms with Crippen LogP contribution in [0.15, 0.2) is 9.98 Å². The average Bonchev–Trinajstić information content (AvgIpc) is 2.89. The van der Waals surface area contributed by atoms with E-state index in [4.69, 9.17) is 15.6 Å². The van der Waals surface area contributed by atoms with Gasteiger partial charge in [0, 0.05) is 0 Å². The Morgan fingerprint density at radius 2 is 2.14 bits per heavy atom. The third-order valence-electron chi connectivity index (χ3n) is 3.91. The molecule has 0 radical (unpaired) electrons. The highest BCUT2D eigenvalue weighted by Gasteiger charge is 2.56. The summed E-state index contributed by atoms with van der Waals surface area (Å²) in [6.45, 7) is -0.412. The topological polar surface area (TPSA) is 147 Å². The van der Waals surface area contributed by atoms with Crippen LogP contribution in [0.4, 0.5) is 0 Å². The number of ether oxygens (including phenoxy) is 1. The van der Waals surface area contributed by atoms with Crippen LogP contribution < -0.4 is 5.73 Å². The van der Waals surface area contributed by atoms with E-state index in [-0.39, 0.29) is 11.9 Å². The first kappa shape index (κ1) is 14.2. The van der Waals surface area contributed by atoms with E-state index in [9.17, 15) is 15.3 Å². The molecule has 1 saturated heterocycles. The fraction of sp³-hybridized carbons (Fsp3) is 0.727. The second kappa shape index (κ2) is 4.91. The number of likely N-dealkylation sites (N-methyl/N-ethyl adjacent to an activating group) is 1. The molecule has 0 amide bonds. The van der Waals surface area contributed by atoms with Crippen LogP contribution >= 0.6 is 0 Å². The van der Waals surface area contributed by atoms with Crippen LogP contribution in [-0.4, -0.2) is 98.5 Å². The zero-order valence-electron chi connectivity index (χ0n) is 11.3. The Morgan fingerprint density at radius 1 is 1.43 bits per heavy atom. The maximum Gasteiger partial charge on any atom is 0.242 e. The van der Waals surface area contributed by atoms with E-state index < -0.39 is 43.4 Å². The largest absolute Gasteiger partial charge is 0.493 e. The number of aliphatic imine (C=N–C) groups is 2. The average molecular weight is 300 g/mol. The maximum atomic E-state index is 10.1. The third-order valence-corrected chi connectivity index (χ3v) is 3.91. The number of guanidine groups is 1. The number of fused-ring (bicyclic) bond motifs is 1. The van der Waals surface area contributed by atoms with Crippen molar-refractivity contribution in [1.82, 2.24) is 4.90 Å². The van der Waals surface area contributed by atoms with Crippen molar-refractivity contribution < 1.29 is 29.7 Å². The van der Waals surface area contributed by atoms with Gasteiger partial charge in [-0.25, -0.2) is 4.90 Å². The van der Waals surface area contributed by atoms with Gasteiger partial charge in [0.05, 0.1) is 13.7 Å². The standard InChI is InChI=1S/C11H17N5O5/c1-15-3-16(8-5(15)9(20)14-11(12)13-8)10-7(19)6(18)4(2-17)21-10/h3-8,10,17-19H,2H2,1H3,(H2-,12,13,14,20)/p+1/t4-,5?,6?,7+,8?,10-/m1/s1. The van der Waals surface area contributed by atoms with Gasteiger partial charge in [0.15, 0.2) is 0 Å². The maximum absolute atomic E-state index is 10.1. The molecule has 10 nitrogen and oxygen atoms in total. The summed E-state index contributed by atoms with van der Waals surface area (Å²) in [6.07, 6.45) is -3.24. The number of aliphatic hydroxyl groups excluding tert-OH is 4. The van der Waals surface area contributed by atoms with Crippen molar-refractivity contribution in [1.29, 1.82) is 0 Å². The van der Waals surface area contributed by atoms with Gasteiger partial charge in [-0.15, -0.1) is 0 Å². The first-order valence-electron chi connectivity index (χ1n) is 6.51. The molecule has 3 rings (SSSR count). The summed E-state index contributed by atoms with van der Waals surface area (Å²) in [4.78, 5) is 9.41. The number of aliphatic hydroxyl groups is 4. The Bertz CT molecular complexity index is 535. The predicted octanol–water partition coefficient (Wildman–Crippen LogP) is -3.61. The molecule has 0 spiro atoms. The Morgan fingerprint density at radius 3 is 2.76 bits per heavy atom. The van der Waals surface area contributed by atoms with Crippen LogP contribution in [0, 0.1) is 0 Å². The molecule has 0 aromatic rings. The van der Waals surface area contributed by atoms with Crippen molar-refractivity contribution in [3.63, 3.8) is 0 Å². The van der Waals surface area contributed by atoms with Gasteiger partial charge in [-0.1, -0.05) is 0 Å². The van der Waals surface area contributed by atoms with Gasteiger partial charge >= 0.3 is 0 Å². The number of nitrogens with two attached hydrogens (primary N) is 1. The first-order chi connectivity index (χ1) is 9.93. The summed E-state index contributed by atoms with van der Waals surface area (Å²) in [6, 6.07) is -0.543. The highest BCUT2D eigenvalue weighted by molar-refractivity contribution is 5.96. The van der Waals surface area contributed by atoms with Crippen LogP contribution in [0.3, 0.4) is 0 Å². The minimum Gasteiger partial charge on any atom is -0.493 e. The van der Waals surface area contributed by atoms with Gasteiger partial charge in [-0.2, -0.15) is 9.98 Å². The summed E-state index contributed by atoms with van der Waals surface area (Å²) in [5.74, 6) is -0.255. The number of hydrogen-bond donors (Lipinski definition) is 5. The molecule has 0 bridgehead atoms. The molecule has 1 fully saturated rings. The Kier molecular flexibility index (Phi) is 3.32. The molecule has 6 N–H and O–H groups in total. The van der Waals surface area contributed by atoms with Crippen LogP contribution in [0.5, 0.6) is 0 Å². The van der Waals surface area contributed by atoms with Crippen LogP contribution in [-0.2, 0) is 4.74 Å². The molecule has 3 heterocycles. The molecule has 0 saturated carbocycles.